The molecule has 1 atom stereocenters. The summed E-state index contributed by atoms with van der Waals surface area (Å²) in [7, 11) is 0. The predicted octanol–water partition coefficient (Wildman–Crippen LogP) is 1.91. The molecule has 18 heavy (non-hydrogen) atoms. The molecule has 0 radical (unpaired) electrons. The van der Waals surface area contributed by atoms with E-state index < -0.39 is 6.10 Å². The minimum Gasteiger partial charge on any atom is -0.484 e. The van der Waals surface area contributed by atoms with Gasteiger partial charge in [0.25, 0.3) is 5.91 Å². The lowest BCUT2D eigenvalue weighted by Gasteiger charge is -2.10. The minimum atomic E-state index is -0.412. The Labute approximate surface area is 112 Å². The number of carbonyl (C=O) groups is 1. The van der Waals surface area contributed by atoms with Gasteiger partial charge in [0, 0.05) is 11.6 Å². The van der Waals surface area contributed by atoms with Crippen LogP contribution in [0.15, 0.2) is 18.2 Å². The summed E-state index contributed by atoms with van der Waals surface area (Å²) in [5.74, 6) is 0.440. The van der Waals surface area contributed by atoms with Crippen LogP contribution in [0.2, 0.25) is 5.02 Å². The third-order valence-corrected chi connectivity index (χ3v) is 2.62. The smallest absolute Gasteiger partial charge is 0.257 e. The van der Waals surface area contributed by atoms with Crippen LogP contribution in [0, 0.1) is 6.92 Å². The van der Waals surface area contributed by atoms with E-state index >= 15 is 0 Å². The summed E-state index contributed by atoms with van der Waals surface area (Å²) < 4.78 is 5.38. The number of rotatable bonds is 6. The summed E-state index contributed by atoms with van der Waals surface area (Å²) in [4.78, 5) is 11.4. The fraction of sp³-hybridized carbons (Fsp3) is 0.462. The molecule has 0 spiro atoms. The molecular weight excluding hydrogens is 254 g/mol. The third-order valence-electron chi connectivity index (χ3n) is 2.38. The first-order valence-corrected chi connectivity index (χ1v) is 6.20. The Morgan fingerprint density at radius 1 is 1.56 bits per heavy atom. The Hall–Kier alpha value is -1.26. The summed E-state index contributed by atoms with van der Waals surface area (Å²) in [6.45, 7) is 3.95. The van der Waals surface area contributed by atoms with Crippen molar-refractivity contribution < 1.29 is 14.6 Å². The Kier molecular flexibility index (Phi) is 5.95. The largest absolute Gasteiger partial charge is 0.484 e. The average Bonchev–Trinajstić information content (AvgIpc) is 2.27. The zero-order valence-corrected chi connectivity index (χ0v) is 11.3. The Bertz CT molecular complexity index is 407. The van der Waals surface area contributed by atoms with Gasteiger partial charge in [-0.3, -0.25) is 4.79 Å². The maximum Gasteiger partial charge on any atom is 0.257 e. The number of aliphatic hydroxyl groups is 1. The Morgan fingerprint density at radius 2 is 2.28 bits per heavy atom. The van der Waals surface area contributed by atoms with Gasteiger partial charge in [0.1, 0.15) is 5.75 Å². The number of ether oxygens (including phenoxy) is 1. The number of benzene rings is 1. The van der Waals surface area contributed by atoms with E-state index in [1.807, 2.05) is 6.92 Å². The van der Waals surface area contributed by atoms with Crippen molar-refractivity contribution in [2.45, 2.75) is 26.4 Å². The molecule has 0 aliphatic rings. The maximum absolute atomic E-state index is 11.4. The van der Waals surface area contributed by atoms with E-state index in [1.165, 1.54) is 0 Å². The third kappa shape index (κ3) is 5.38. The van der Waals surface area contributed by atoms with Crippen LogP contribution in [-0.2, 0) is 4.79 Å². The van der Waals surface area contributed by atoms with Crippen molar-refractivity contribution in [3.8, 4) is 5.75 Å². The van der Waals surface area contributed by atoms with Crippen LogP contribution in [0.4, 0.5) is 0 Å². The molecule has 2 N–H and O–H groups in total. The summed E-state index contributed by atoms with van der Waals surface area (Å²) >= 11 is 5.82. The lowest BCUT2D eigenvalue weighted by atomic mass is 10.2. The first kappa shape index (κ1) is 14.8. The minimum absolute atomic E-state index is 0.0394. The van der Waals surface area contributed by atoms with Gasteiger partial charge in [0.15, 0.2) is 6.61 Å². The van der Waals surface area contributed by atoms with E-state index in [0.29, 0.717) is 23.7 Å². The number of nitrogens with one attached hydrogen (secondary N) is 1. The maximum atomic E-state index is 11.4. The van der Waals surface area contributed by atoms with Crippen molar-refractivity contribution in [2.75, 3.05) is 13.2 Å². The highest BCUT2D eigenvalue weighted by molar-refractivity contribution is 6.30. The second-order valence-corrected chi connectivity index (χ2v) is 4.62. The zero-order valence-electron chi connectivity index (χ0n) is 10.6. The van der Waals surface area contributed by atoms with Crippen LogP contribution < -0.4 is 10.1 Å². The van der Waals surface area contributed by atoms with Gasteiger partial charge in [-0.25, -0.2) is 0 Å². The quantitative estimate of drug-likeness (QED) is 0.831. The van der Waals surface area contributed by atoms with Crippen LogP contribution in [-0.4, -0.2) is 30.3 Å². The van der Waals surface area contributed by atoms with Crippen LogP contribution in [0.25, 0.3) is 0 Å². The Morgan fingerprint density at radius 3 is 2.89 bits per heavy atom. The SMILES string of the molecule is Cc1cc(Cl)ccc1OCC(=O)NCC[C@H](C)O. The normalized spacial score (nSPS) is 12.0. The first-order chi connectivity index (χ1) is 8.49. The van der Waals surface area contributed by atoms with Crippen LogP contribution in [0.5, 0.6) is 5.75 Å². The second kappa shape index (κ2) is 7.24. The molecule has 0 saturated carbocycles. The van der Waals surface area contributed by atoms with Crippen molar-refractivity contribution in [1.29, 1.82) is 0 Å². The molecule has 0 heterocycles. The lowest BCUT2D eigenvalue weighted by molar-refractivity contribution is -0.123. The molecule has 0 aromatic heterocycles. The molecular formula is C13H18ClNO3. The summed E-state index contributed by atoms with van der Waals surface area (Å²) in [6.07, 6.45) is 0.121. The molecule has 4 nitrogen and oxygen atoms in total. The van der Waals surface area contributed by atoms with Gasteiger partial charge in [-0.15, -0.1) is 0 Å². The zero-order chi connectivity index (χ0) is 13.5. The summed E-state index contributed by atoms with van der Waals surface area (Å²) in [6, 6.07) is 5.23. The molecule has 1 aromatic rings. The average molecular weight is 272 g/mol. The highest BCUT2D eigenvalue weighted by Crippen LogP contribution is 2.21. The van der Waals surface area contributed by atoms with E-state index in [-0.39, 0.29) is 12.5 Å². The van der Waals surface area contributed by atoms with Gasteiger partial charge >= 0.3 is 0 Å². The number of amides is 1. The molecule has 100 valence electrons. The van der Waals surface area contributed by atoms with Gasteiger partial charge in [-0.2, -0.15) is 0 Å². The van der Waals surface area contributed by atoms with Gasteiger partial charge < -0.3 is 15.2 Å². The van der Waals surface area contributed by atoms with Crippen molar-refractivity contribution in [3.05, 3.63) is 28.8 Å². The molecule has 0 aliphatic heterocycles. The van der Waals surface area contributed by atoms with Crippen molar-refractivity contribution in [1.82, 2.24) is 5.32 Å². The summed E-state index contributed by atoms with van der Waals surface area (Å²) in [5.41, 5.74) is 0.888. The van der Waals surface area contributed by atoms with Crippen molar-refractivity contribution in [3.63, 3.8) is 0 Å². The molecule has 1 aromatic carbocycles. The van der Waals surface area contributed by atoms with Crippen molar-refractivity contribution >= 4 is 17.5 Å². The number of carbonyl (C=O) groups excluding carboxylic acids is 1. The molecule has 0 unspecified atom stereocenters. The van der Waals surface area contributed by atoms with Crippen LogP contribution in [0.1, 0.15) is 18.9 Å². The van der Waals surface area contributed by atoms with Gasteiger partial charge in [0.2, 0.25) is 0 Å². The fourth-order valence-electron chi connectivity index (χ4n) is 1.39. The highest BCUT2D eigenvalue weighted by Gasteiger charge is 2.05. The lowest BCUT2D eigenvalue weighted by Crippen LogP contribution is -2.31. The second-order valence-electron chi connectivity index (χ2n) is 4.19. The number of halogens is 1. The highest BCUT2D eigenvalue weighted by atomic mass is 35.5. The van der Waals surface area contributed by atoms with E-state index in [1.54, 1.807) is 25.1 Å². The standard InChI is InChI=1S/C13H18ClNO3/c1-9-7-11(14)3-4-12(9)18-8-13(17)15-6-5-10(2)16/h3-4,7,10,16H,5-6,8H2,1-2H3,(H,15,17)/t10-/m0/s1. The molecule has 0 bridgehead atoms. The van der Waals surface area contributed by atoms with E-state index in [0.717, 1.165) is 5.56 Å². The fourth-order valence-corrected chi connectivity index (χ4v) is 1.62. The summed E-state index contributed by atoms with van der Waals surface area (Å²) in [5, 5.41) is 12.3. The number of hydrogen-bond donors (Lipinski definition) is 2. The first-order valence-electron chi connectivity index (χ1n) is 5.82. The van der Waals surface area contributed by atoms with Crippen molar-refractivity contribution in [2.24, 2.45) is 0 Å². The number of hydrogen-bond acceptors (Lipinski definition) is 3. The topological polar surface area (TPSA) is 58.6 Å². The molecule has 1 rings (SSSR count). The molecule has 0 saturated heterocycles. The van der Waals surface area contributed by atoms with Gasteiger partial charge in [-0.1, -0.05) is 11.6 Å². The molecule has 0 fully saturated rings. The van der Waals surface area contributed by atoms with Crippen LogP contribution >= 0.6 is 11.6 Å². The van der Waals surface area contributed by atoms with Crippen LogP contribution in [0.3, 0.4) is 0 Å². The number of aliphatic hydroxyl groups excluding tert-OH is 1. The van der Waals surface area contributed by atoms with Gasteiger partial charge in [0.05, 0.1) is 6.10 Å². The van der Waals surface area contributed by atoms with E-state index in [2.05, 4.69) is 5.32 Å². The van der Waals surface area contributed by atoms with Gasteiger partial charge in [-0.05, 0) is 44.0 Å². The van der Waals surface area contributed by atoms with E-state index in [9.17, 15) is 4.79 Å². The number of aryl methyl sites for hydroxylation is 1. The van der Waals surface area contributed by atoms with E-state index in [4.69, 9.17) is 21.4 Å². The molecule has 5 heteroatoms. The molecule has 0 aliphatic carbocycles. The Balaban J connectivity index is 2.33. The molecule has 1 amide bonds. The predicted molar refractivity (Wildman–Crippen MR) is 71.0 cm³/mol. The monoisotopic (exact) mass is 271 g/mol.